The number of hydrogen-bond acceptors (Lipinski definition) is 5. The van der Waals surface area contributed by atoms with Crippen molar-refractivity contribution < 1.29 is 24.0 Å². The maximum Gasteiger partial charge on any atom is 0.492 e. The Bertz CT molecular complexity index is 215. The Morgan fingerprint density at radius 2 is 1.86 bits per heavy atom. The van der Waals surface area contributed by atoms with Gasteiger partial charge in [-0.1, -0.05) is 0 Å². The van der Waals surface area contributed by atoms with E-state index in [1.165, 1.54) is 0 Å². The predicted molar refractivity (Wildman–Crippen MR) is 48.7 cm³/mol. The Hall–Kier alpha value is -0.963. The van der Waals surface area contributed by atoms with E-state index in [0.29, 0.717) is 0 Å². The summed E-state index contributed by atoms with van der Waals surface area (Å²) in [4.78, 5) is 46.8. The molecule has 0 bridgehead atoms. The fourth-order valence-corrected chi connectivity index (χ4v) is 1.43. The molecular weight excluding hydrogens is 208 g/mol. The van der Waals surface area contributed by atoms with Crippen molar-refractivity contribution in [3.05, 3.63) is 0 Å². The molecule has 0 aliphatic rings. The standard InChI is InChI=1S/C6H14N2O5Si/c7-5(9)4-6(10)8-2-1-3-14(11,12)13/h11-13H,1-4H2,(H2,7,9)(H,8,10). The van der Waals surface area contributed by atoms with Crippen LogP contribution in [0.1, 0.15) is 12.8 Å². The maximum atomic E-state index is 10.8. The smallest absolute Gasteiger partial charge is 0.390 e. The molecule has 14 heavy (non-hydrogen) atoms. The first kappa shape index (κ1) is 13.0. The van der Waals surface area contributed by atoms with E-state index in [9.17, 15) is 9.59 Å². The van der Waals surface area contributed by atoms with E-state index < -0.39 is 20.6 Å². The van der Waals surface area contributed by atoms with E-state index in [1.54, 1.807) is 0 Å². The highest BCUT2D eigenvalue weighted by Gasteiger charge is 2.25. The molecule has 0 atom stereocenters. The van der Waals surface area contributed by atoms with E-state index in [4.69, 9.17) is 20.1 Å². The van der Waals surface area contributed by atoms with Gasteiger partial charge in [-0.3, -0.25) is 9.59 Å². The molecule has 2 amide bonds. The number of amides is 2. The zero-order valence-electron chi connectivity index (χ0n) is 7.56. The molecule has 0 heterocycles. The van der Waals surface area contributed by atoms with Crippen LogP contribution in [0.5, 0.6) is 0 Å². The fraction of sp³-hybridized carbons (Fsp3) is 0.667. The Morgan fingerprint density at radius 1 is 1.29 bits per heavy atom. The summed E-state index contributed by atoms with van der Waals surface area (Å²) in [6.07, 6.45) is -0.153. The minimum absolute atomic E-state index is 0.149. The van der Waals surface area contributed by atoms with Crippen molar-refractivity contribution in [1.82, 2.24) is 5.32 Å². The van der Waals surface area contributed by atoms with Crippen molar-refractivity contribution in [1.29, 1.82) is 0 Å². The molecule has 0 saturated carbocycles. The highest BCUT2D eigenvalue weighted by molar-refractivity contribution is 6.56. The van der Waals surface area contributed by atoms with Gasteiger partial charge in [-0.2, -0.15) is 0 Å². The Labute approximate surface area is 81.9 Å². The zero-order valence-corrected chi connectivity index (χ0v) is 8.56. The summed E-state index contributed by atoms with van der Waals surface area (Å²) in [6.45, 7) is 0.169. The summed E-state index contributed by atoms with van der Waals surface area (Å²) in [5, 5.41) is 2.34. The predicted octanol–water partition coefficient (Wildman–Crippen LogP) is -2.72. The lowest BCUT2D eigenvalue weighted by atomic mass is 10.4. The number of nitrogens with two attached hydrogens (primary N) is 1. The van der Waals surface area contributed by atoms with Crippen LogP contribution in [0.4, 0.5) is 0 Å². The molecule has 7 nitrogen and oxygen atoms in total. The molecule has 0 aliphatic carbocycles. The van der Waals surface area contributed by atoms with Crippen LogP contribution < -0.4 is 11.1 Å². The van der Waals surface area contributed by atoms with Crippen LogP contribution in [-0.2, 0) is 9.59 Å². The first-order valence-electron chi connectivity index (χ1n) is 4.03. The van der Waals surface area contributed by atoms with Crippen molar-refractivity contribution >= 4 is 20.6 Å². The second-order valence-electron chi connectivity index (χ2n) is 2.87. The minimum Gasteiger partial charge on any atom is -0.390 e. The van der Waals surface area contributed by atoms with E-state index >= 15 is 0 Å². The molecule has 0 aliphatic heterocycles. The number of rotatable bonds is 6. The molecule has 0 aromatic rings. The van der Waals surface area contributed by atoms with Crippen molar-refractivity contribution in [3.63, 3.8) is 0 Å². The molecular formula is C6H14N2O5Si. The van der Waals surface area contributed by atoms with Gasteiger partial charge in [0.1, 0.15) is 6.42 Å². The Kier molecular flexibility index (Phi) is 5.31. The summed E-state index contributed by atoms with van der Waals surface area (Å²) in [7, 11) is -4.00. The number of hydrogen-bond donors (Lipinski definition) is 5. The van der Waals surface area contributed by atoms with Gasteiger partial charge in [0.05, 0.1) is 0 Å². The monoisotopic (exact) mass is 222 g/mol. The molecule has 8 heteroatoms. The average molecular weight is 222 g/mol. The van der Waals surface area contributed by atoms with Crippen molar-refractivity contribution in [3.8, 4) is 0 Å². The van der Waals surface area contributed by atoms with Crippen LogP contribution >= 0.6 is 0 Å². The normalized spacial score (nSPS) is 11.1. The van der Waals surface area contributed by atoms with Gasteiger partial charge in [0.15, 0.2) is 0 Å². The first-order valence-corrected chi connectivity index (χ1v) is 6.08. The Balaban J connectivity index is 3.46. The van der Waals surface area contributed by atoms with Crippen molar-refractivity contribution in [2.24, 2.45) is 5.73 Å². The molecule has 0 saturated heterocycles. The van der Waals surface area contributed by atoms with Gasteiger partial charge >= 0.3 is 8.80 Å². The summed E-state index contributed by atoms with van der Waals surface area (Å²) < 4.78 is 0. The van der Waals surface area contributed by atoms with Crippen molar-refractivity contribution in [2.75, 3.05) is 6.54 Å². The third-order valence-electron chi connectivity index (χ3n) is 1.35. The third-order valence-corrected chi connectivity index (χ3v) is 2.37. The van der Waals surface area contributed by atoms with Crippen LogP contribution in [0.3, 0.4) is 0 Å². The minimum atomic E-state index is -4.00. The summed E-state index contributed by atoms with van der Waals surface area (Å²) >= 11 is 0. The largest absolute Gasteiger partial charge is 0.492 e. The lowest BCUT2D eigenvalue weighted by Crippen LogP contribution is -2.36. The molecule has 0 radical (unpaired) electrons. The molecule has 0 fully saturated rings. The zero-order chi connectivity index (χ0) is 11.2. The average Bonchev–Trinajstić information content (AvgIpc) is 1.95. The summed E-state index contributed by atoms with van der Waals surface area (Å²) in [5.41, 5.74) is 4.75. The van der Waals surface area contributed by atoms with Crippen LogP contribution in [0.25, 0.3) is 0 Å². The number of carbonyl (C=O) groups is 2. The van der Waals surface area contributed by atoms with Crippen LogP contribution in [0, 0.1) is 0 Å². The second kappa shape index (κ2) is 5.70. The van der Waals surface area contributed by atoms with Gasteiger partial charge in [-0.25, -0.2) is 0 Å². The summed E-state index contributed by atoms with van der Waals surface area (Å²) in [6, 6.07) is -0.149. The number of carbonyl (C=O) groups excluding carboxylic acids is 2. The number of nitrogens with one attached hydrogen (secondary N) is 1. The molecule has 6 N–H and O–H groups in total. The Morgan fingerprint density at radius 3 is 2.29 bits per heavy atom. The van der Waals surface area contributed by atoms with E-state index in [0.717, 1.165) is 0 Å². The van der Waals surface area contributed by atoms with E-state index in [-0.39, 0.29) is 25.4 Å². The van der Waals surface area contributed by atoms with Crippen LogP contribution in [0.2, 0.25) is 6.04 Å². The first-order chi connectivity index (χ1) is 6.31. The van der Waals surface area contributed by atoms with Crippen LogP contribution in [-0.4, -0.2) is 41.6 Å². The second-order valence-corrected chi connectivity index (χ2v) is 4.92. The van der Waals surface area contributed by atoms with Gasteiger partial charge in [-0.15, -0.1) is 0 Å². The molecule has 0 aromatic carbocycles. The highest BCUT2D eigenvalue weighted by atomic mass is 28.4. The quantitative estimate of drug-likeness (QED) is 0.189. The van der Waals surface area contributed by atoms with Gasteiger partial charge < -0.3 is 25.4 Å². The number of primary amides is 1. The molecule has 0 unspecified atom stereocenters. The van der Waals surface area contributed by atoms with E-state index in [1.807, 2.05) is 0 Å². The summed E-state index contributed by atoms with van der Waals surface area (Å²) in [5.74, 6) is -1.24. The third kappa shape index (κ3) is 9.13. The molecule has 82 valence electrons. The van der Waals surface area contributed by atoms with Gasteiger partial charge in [0.2, 0.25) is 11.8 Å². The lowest BCUT2D eigenvalue weighted by Gasteiger charge is -2.08. The highest BCUT2D eigenvalue weighted by Crippen LogP contribution is 1.99. The molecule has 0 rings (SSSR count). The topological polar surface area (TPSA) is 133 Å². The van der Waals surface area contributed by atoms with Gasteiger partial charge in [0.25, 0.3) is 0 Å². The molecule has 0 spiro atoms. The fourth-order valence-electron chi connectivity index (χ4n) is 0.774. The van der Waals surface area contributed by atoms with Crippen LogP contribution in [0.15, 0.2) is 0 Å². The lowest BCUT2D eigenvalue weighted by molar-refractivity contribution is -0.127. The SMILES string of the molecule is NC(=O)CC(=O)NCCC[Si](O)(O)O. The maximum absolute atomic E-state index is 10.8. The van der Waals surface area contributed by atoms with E-state index in [2.05, 4.69) is 5.32 Å². The van der Waals surface area contributed by atoms with Crippen molar-refractivity contribution in [2.45, 2.75) is 18.9 Å². The van der Waals surface area contributed by atoms with Gasteiger partial charge in [-0.05, 0) is 6.42 Å². The molecule has 0 aromatic heterocycles. The van der Waals surface area contributed by atoms with Gasteiger partial charge in [0, 0.05) is 12.6 Å².